The van der Waals surface area contributed by atoms with Crippen molar-refractivity contribution in [3.8, 4) is 0 Å². The normalized spacial score (nSPS) is 13.0. The third kappa shape index (κ3) is 1.61. The van der Waals surface area contributed by atoms with Crippen LogP contribution in [0.4, 0.5) is 0 Å². The average Bonchev–Trinajstić information content (AvgIpc) is 1.88. The first-order valence-corrected chi connectivity index (χ1v) is 3.31. The van der Waals surface area contributed by atoms with Gasteiger partial charge < -0.3 is 5.73 Å². The van der Waals surface area contributed by atoms with Crippen LogP contribution < -0.4 is 11.2 Å². The average molecular weight is 131 g/mol. The molecule has 10 heavy (non-hydrogen) atoms. The largest absolute Gasteiger partial charge is 0.324 e. The van der Waals surface area contributed by atoms with E-state index in [9.17, 15) is 0 Å². The lowest BCUT2D eigenvalue weighted by Crippen LogP contribution is -2.09. The second kappa shape index (κ2) is 2.89. The number of rotatable bonds is 1. The maximum Gasteiger partial charge on any atom is 0.113 e. The van der Waals surface area contributed by atoms with Crippen molar-refractivity contribution in [2.75, 3.05) is 0 Å². The fourth-order valence-electron chi connectivity index (χ4n) is 0.842. The van der Waals surface area contributed by atoms with Crippen LogP contribution in [-0.4, -0.2) is 7.85 Å². The van der Waals surface area contributed by atoms with E-state index in [-0.39, 0.29) is 6.04 Å². The third-order valence-electron chi connectivity index (χ3n) is 1.44. The monoisotopic (exact) mass is 131 g/mol. The highest BCUT2D eigenvalue weighted by atomic mass is 14.6. The summed E-state index contributed by atoms with van der Waals surface area (Å²) in [5, 5.41) is 0. The second-order valence-electron chi connectivity index (χ2n) is 2.46. The Bertz CT molecular complexity index is 220. The summed E-state index contributed by atoms with van der Waals surface area (Å²) in [5.74, 6) is 0. The highest BCUT2D eigenvalue weighted by molar-refractivity contribution is 6.32. The molecule has 0 fully saturated rings. The Labute approximate surface area is 62.7 Å². The molecule has 0 aliphatic carbocycles. The molecule has 0 unspecified atom stereocenters. The lowest BCUT2D eigenvalue weighted by Gasteiger charge is -2.04. The molecule has 0 bridgehead atoms. The minimum Gasteiger partial charge on any atom is -0.324 e. The number of hydrogen-bond donors (Lipinski definition) is 1. The van der Waals surface area contributed by atoms with Crippen LogP contribution >= 0.6 is 0 Å². The van der Waals surface area contributed by atoms with Gasteiger partial charge in [-0.3, -0.25) is 0 Å². The highest BCUT2D eigenvalue weighted by Crippen LogP contribution is 2.05. The Morgan fingerprint density at radius 2 is 2.20 bits per heavy atom. The molecule has 1 atom stereocenters. The SMILES string of the molecule is [B]c1cccc([C@@H](C)N)c1. The van der Waals surface area contributed by atoms with Crippen LogP contribution in [0.5, 0.6) is 0 Å². The molecule has 2 radical (unpaired) electrons. The predicted molar refractivity (Wildman–Crippen MR) is 44.4 cm³/mol. The number of nitrogens with two attached hydrogens (primary N) is 1. The molecule has 1 aromatic carbocycles. The third-order valence-corrected chi connectivity index (χ3v) is 1.44. The van der Waals surface area contributed by atoms with Crippen LogP contribution in [0.15, 0.2) is 24.3 Å². The Kier molecular flexibility index (Phi) is 2.12. The molecule has 50 valence electrons. The Morgan fingerprint density at radius 3 is 2.60 bits per heavy atom. The first kappa shape index (κ1) is 7.35. The molecule has 1 rings (SSSR count). The fraction of sp³-hybridized carbons (Fsp3) is 0.250. The van der Waals surface area contributed by atoms with Gasteiger partial charge in [0.05, 0.1) is 0 Å². The van der Waals surface area contributed by atoms with E-state index in [1.54, 1.807) is 0 Å². The summed E-state index contributed by atoms with van der Waals surface area (Å²) in [6, 6.07) is 7.70. The molecule has 0 aromatic heterocycles. The zero-order valence-corrected chi connectivity index (χ0v) is 6.04. The maximum atomic E-state index is 5.63. The zero-order valence-electron chi connectivity index (χ0n) is 6.04. The summed E-state index contributed by atoms with van der Waals surface area (Å²) in [5.41, 5.74) is 7.48. The van der Waals surface area contributed by atoms with Crippen LogP contribution in [0.25, 0.3) is 0 Å². The molecule has 0 saturated carbocycles. The zero-order chi connectivity index (χ0) is 7.56. The van der Waals surface area contributed by atoms with Crippen molar-refractivity contribution in [3.05, 3.63) is 29.8 Å². The van der Waals surface area contributed by atoms with Crippen molar-refractivity contribution in [1.82, 2.24) is 0 Å². The first-order chi connectivity index (χ1) is 4.70. The summed E-state index contributed by atoms with van der Waals surface area (Å²) in [6.45, 7) is 1.94. The van der Waals surface area contributed by atoms with Crippen LogP contribution in [0, 0.1) is 0 Å². The van der Waals surface area contributed by atoms with E-state index >= 15 is 0 Å². The topological polar surface area (TPSA) is 26.0 Å². The molecule has 0 aliphatic heterocycles. The van der Waals surface area contributed by atoms with Crippen LogP contribution in [0.3, 0.4) is 0 Å². The summed E-state index contributed by atoms with van der Waals surface area (Å²) in [4.78, 5) is 0. The molecule has 0 saturated heterocycles. The summed E-state index contributed by atoms with van der Waals surface area (Å²) >= 11 is 0. The Balaban J connectivity index is 2.96. The molecule has 2 N–H and O–H groups in total. The molecular weight excluding hydrogens is 121 g/mol. The second-order valence-corrected chi connectivity index (χ2v) is 2.46. The van der Waals surface area contributed by atoms with E-state index in [4.69, 9.17) is 13.6 Å². The molecule has 0 aliphatic rings. The van der Waals surface area contributed by atoms with Gasteiger partial charge >= 0.3 is 0 Å². The molecule has 1 aromatic rings. The predicted octanol–water partition coefficient (Wildman–Crippen LogP) is 0.500. The molecular formula is C8H10BN. The van der Waals surface area contributed by atoms with Crippen molar-refractivity contribution in [2.24, 2.45) is 5.73 Å². The minimum absolute atomic E-state index is 0.0727. The van der Waals surface area contributed by atoms with Crippen LogP contribution in [0.2, 0.25) is 0 Å². The van der Waals surface area contributed by atoms with Gasteiger partial charge in [-0.15, -0.1) is 0 Å². The quantitative estimate of drug-likeness (QED) is 0.551. The van der Waals surface area contributed by atoms with Gasteiger partial charge in [0.1, 0.15) is 7.85 Å². The van der Waals surface area contributed by atoms with E-state index in [0.717, 1.165) is 11.0 Å². The fourth-order valence-corrected chi connectivity index (χ4v) is 0.842. The van der Waals surface area contributed by atoms with E-state index in [0.29, 0.717) is 0 Å². The van der Waals surface area contributed by atoms with Crippen molar-refractivity contribution in [3.63, 3.8) is 0 Å². The van der Waals surface area contributed by atoms with E-state index < -0.39 is 0 Å². The number of benzene rings is 1. The highest BCUT2D eigenvalue weighted by Gasteiger charge is 1.96. The number of hydrogen-bond acceptors (Lipinski definition) is 1. The van der Waals surface area contributed by atoms with Gasteiger partial charge in [0.15, 0.2) is 0 Å². The molecule has 0 amide bonds. The lowest BCUT2D eigenvalue weighted by atomic mass is 9.93. The van der Waals surface area contributed by atoms with E-state index in [1.807, 2.05) is 31.2 Å². The minimum atomic E-state index is 0.0727. The van der Waals surface area contributed by atoms with Gasteiger partial charge in [0, 0.05) is 6.04 Å². The lowest BCUT2D eigenvalue weighted by molar-refractivity contribution is 0.819. The van der Waals surface area contributed by atoms with Gasteiger partial charge in [-0.25, -0.2) is 0 Å². The van der Waals surface area contributed by atoms with E-state index in [1.165, 1.54) is 0 Å². The van der Waals surface area contributed by atoms with Gasteiger partial charge in [-0.2, -0.15) is 0 Å². The standard InChI is InChI=1S/C8H10BN/c1-6(10)7-3-2-4-8(9)5-7/h2-6H,10H2,1H3/t6-/m1/s1. The summed E-state index contributed by atoms with van der Waals surface area (Å²) < 4.78 is 0. The van der Waals surface area contributed by atoms with Gasteiger partial charge in [0.2, 0.25) is 0 Å². The summed E-state index contributed by atoms with van der Waals surface area (Å²) in [6.07, 6.45) is 0. The van der Waals surface area contributed by atoms with E-state index in [2.05, 4.69) is 0 Å². The molecule has 2 heteroatoms. The van der Waals surface area contributed by atoms with Crippen LogP contribution in [0.1, 0.15) is 18.5 Å². The van der Waals surface area contributed by atoms with Gasteiger partial charge in [0.25, 0.3) is 0 Å². The van der Waals surface area contributed by atoms with Gasteiger partial charge in [-0.05, 0) is 12.5 Å². The first-order valence-electron chi connectivity index (χ1n) is 3.31. The van der Waals surface area contributed by atoms with Crippen LogP contribution in [-0.2, 0) is 0 Å². The Morgan fingerprint density at radius 1 is 1.50 bits per heavy atom. The maximum absolute atomic E-state index is 5.63. The summed E-state index contributed by atoms with van der Waals surface area (Å²) in [7, 11) is 5.54. The van der Waals surface area contributed by atoms with Gasteiger partial charge in [-0.1, -0.05) is 29.7 Å². The molecule has 0 heterocycles. The van der Waals surface area contributed by atoms with Crippen molar-refractivity contribution < 1.29 is 0 Å². The van der Waals surface area contributed by atoms with Crippen molar-refractivity contribution >= 4 is 13.3 Å². The van der Waals surface area contributed by atoms with Crippen molar-refractivity contribution in [1.29, 1.82) is 0 Å². The molecule has 0 spiro atoms. The smallest absolute Gasteiger partial charge is 0.113 e. The molecule has 1 nitrogen and oxygen atoms in total. The Hall–Kier alpha value is -0.755. The van der Waals surface area contributed by atoms with Crippen molar-refractivity contribution in [2.45, 2.75) is 13.0 Å².